The largest absolute Gasteiger partial charge is 0.475 e. The molecule has 2 rings (SSSR count). The number of carbonyl (C=O) groups excluding carboxylic acids is 1. The van der Waals surface area contributed by atoms with Crippen LogP contribution in [-0.2, 0) is 14.3 Å². The molecule has 1 aromatic carbocycles. The standard InChI is InChI=1S/C14H17NO3/c1-14(2,3)18-13(16)11-9-17-12(15-11)10-7-5-4-6-8-10/h4-8,11H,9H2,1-3H3/t11-/m0/s1. The van der Waals surface area contributed by atoms with E-state index in [0.29, 0.717) is 5.90 Å². The number of esters is 1. The van der Waals surface area contributed by atoms with Crippen LogP contribution >= 0.6 is 0 Å². The molecular formula is C14H17NO3. The molecule has 0 aliphatic carbocycles. The number of carbonyl (C=O) groups is 1. The van der Waals surface area contributed by atoms with Crippen LogP contribution in [0.3, 0.4) is 0 Å². The first-order valence-electron chi connectivity index (χ1n) is 5.94. The molecule has 0 unspecified atom stereocenters. The van der Waals surface area contributed by atoms with Gasteiger partial charge in [0.15, 0.2) is 6.04 Å². The summed E-state index contributed by atoms with van der Waals surface area (Å²) in [4.78, 5) is 16.1. The molecule has 0 amide bonds. The van der Waals surface area contributed by atoms with Gasteiger partial charge in [-0.1, -0.05) is 18.2 Å². The van der Waals surface area contributed by atoms with Crippen LogP contribution in [0.1, 0.15) is 26.3 Å². The molecule has 0 bridgehead atoms. The van der Waals surface area contributed by atoms with E-state index in [4.69, 9.17) is 9.47 Å². The molecule has 1 heterocycles. The van der Waals surface area contributed by atoms with E-state index in [9.17, 15) is 4.79 Å². The lowest BCUT2D eigenvalue weighted by molar-refractivity contribution is -0.156. The van der Waals surface area contributed by atoms with Crippen LogP contribution in [0, 0.1) is 0 Å². The molecule has 0 radical (unpaired) electrons. The Kier molecular flexibility index (Phi) is 3.36. The Morgan fingerprint density at radius 3 is 2.61 bits per heavy atom. The highest BCUT2D eigenvalue weighted by Gasteiger charge is 2.30. The number of rotatable bonds is 2. The summed E-state index contributed by atoms with van der Waals surface area (Å²) in [5, 5.41) is 0. The maximum Gasteiger partial charge on any atom is 0.335 e. The Labute approximate surface area is 107 Å². The van der Waals surface area contributed by atoms with E-state index in [2.05, 4.69) is 4.99 Å². The molecule has 1 atom stereocenters. The second-order valence-corrected chi connectivity index (χ2v) is 5.16. The van der Waals surface area contributed by atoms with Gasteiger partial charge in [0.25, 0.3) is 0 Å². The molecule has 4 nitrogen and oxygen atoms in total. The minimum atomic E-state index is -0.556. The molecule has 0 N–H and O–H groups in total. The van der Waals surface area contributed by atoms with Gasteiger partial charge in [-0.2, -0.15) is 0 Å². The maximum atomic E-state index is 11.8. The van der Waals surface area contributed by atoms with Crippen molar-refractivity contribution in [2.45, 2.75) is 32.4 Å². The molecule has 4 heteroatoms. The third-order valence-corrected chi connectivity index (χ3v) is 2.35. The van der Waals surface area contributed by atoms with E-state index in [1.165, 1.54) is 0 Å². The third-order valence-electron chi connectivity index (χ3n) is 2.35. The molecule has 0 saturated carbocycles. The lowest BCUT2D eigenvalue weighted by atomic mass is 10.2. The van der Waals surface area contributed by atoms with Gasteiger partial charge < -0.3 is 9.47 Å². The lowest BCUT2D eigenvalue weighted by Gasteiger charge is -2.20. The summed E-state index contributed by atoms with van der Waals surface area (Å²) in [7, 11) is 0. The van der Waals surface area contributed by atoms with Crippen molar-refractivity contribution in [1.82, 2.24) is 0 Å². The number of benzene rings is 1. The van der Waals surface area contributed by atoms with Gasteiger partial charge >= 0.3 is 5.97 Å². The molecular weight excluding hydrogens is 230 g/mol. The van der Waals surface area contributed by atoms with E-state index in [-0.39, 0.29) is 12.6 Å². The summed E-state index contributed by atoms with van der Waals surface area (Å²) in [5.41, 5.74) is 0.380. The predicted octanol–water partition coefficient (Wildman–Crippen LogP) is 2.17. The molecule has 1 aliphatic rings. The zero-order chi connectivity index (χ0) is 13.2. The fraction of sp³-hybridized carbons (Fsp3) is 0.429. The van der Waals surface area contributed by atoms with Gasteiger partial charge in [0.05, 0.1) is 0 Å². The molecule has 1 aliphatic heterocycles. The molecule has 0 saturated heterocycles. The first-order chi connectivity index (χ1) is 8.46. The SMILES string of the molecule is CC(C)(C)OC(=O)[C@@H]1COC(c2ccccc2)=N1. The number of aliphatic imine (C=N–C) groups is 1. The zero-order valence-corrected chi connectivity index (χ0v) is 10.8. The van der Waals surface area contributed by atoms with Crippen LogP contribution in [-0.4, -0.2) is 30.1 Å². The molecule has 1 aromatic rings. The number of ether oxygens (including phenoxy) is 2. The number of hydrogen-bond acceptors (Lipinski definition) is 4. The van der Waals surface area contributed by atoms with Crippen molar-refractivity contribution >= 4 is 11.9 Å². The van der Waals surface area contributed by atoms with E-state index in [1.54, 1.807) is 0 Å². The summed E-state index contributed by atoms with van der Waals surface area (Å²) >= 11 is 0. The van der Waals surface area contributed by atoms with Crippen molar-refractivity contribution < 1.29 is 14.3 Å². The zero-order valence-electron chi connectivity index (χ0n) is 10.8. The summed E-state index contributed by atoms with van der Waals surface area (Å²) in [6.07, 6.45) is 0. The Morgan fingerprint density at radius 1 is 1.33 bits per heavy atom. The average Bonchev–Trinajstić information content (AvgIpc) is 2.77. The minimum absolute atomic E-state index is 0.249. The van der Waals surface area contributed by atoms with Gasteiger partial charge in [-0.15, -0.1) is 0 Å². The van der Waals surface area contributed by atoms with Crippen molar-refractivity contribution in [1.29, 1.82) is 0 Å². The van der Waals surface area contributed by atoms with Crippen LogP contribution in [0.2, 0.25) is 0 Å². The Bertz CT molecular complexity index is 460. The highest BCUT2D eigenvalue weighted by molar-refractivity contribution is 5.97. The molecule has 0 fully saturated rings. The summed E-state index contributed by atoms with van der Waals surface area (Å²) < 4.78 is 10.7. The van der Waals surface area contributed by atoms with Crippen LogP contribution < -0.4 is 0 Å². The predicted molar refractivity (Wildman–Crippen MR) is 68.6 cm³/mol. The smallest absolute Gasteiger partial charge is 0.335 e. The van der Waals surface area contributed by atoms with E-state index < -0.39 is 11.6 Å². The minimum Gasteiger partial charge on any atom is -0.475 e. The number of hydrogen-bond donors (Lipinski definition) is 0. The first-order valence-corrected chi connectivity index (χ1v) is 5.94. The summed E-state index contributed by atoms with van der Waals surface area (Å²) in [6, 6.07) is 8.97. The van der Waals surface area contributed by atoms with Gasteiger partial charge in [-0.25, -0.2) is 9.79 Å². The van der Waals surface area contributed by atoms with E-state index in [1.807, 2.05) is 51.1 Å². The Hall–Kier alpha value is -1.84. The normalized spacial score (nSPS) is 19.1. The average molecular weight is 247 g/mol. The van der Waals surface area contributed by atoms with Gasteiger partial charge in [0, 0.05) is 5.56 Å². The quantitative estimate of drug-likeness (QED) is 0.752. The Morgan fingerprint density at radius 2 is 2.00 bits per heavy atom. The van der Waals surface area contributed by atoms with Crippen LogP contribution in [0.5, 0.6) is 0 Å². The van der Waals surface area contributed by atoms with Crippen LogP contribution in [0.4, 0.5) is 0 Å². The number of nitrogens with zero attached hydrogens (tertiary/aromatic N) is 1. The van der Waals surface area contributed by atoms with Gasteiger partial charge in [0.2, 0.25) is 5.90 Å². The highest BCUT2D eigenvalue weighted by atomic mass is 16.6. The second-order valence-electron chi connectivity index (χ2n) is 5.16. The van der Waals surface area contributed by atoms with Gasteiger partial charge in [0.1, 0.15) is 12.2 Å². The van der Waals surface area contributed by atoms with Crippen molar-refractivity contribution in [2.24, 2.45) is 4.99 Å². The first kappa shape index (κ1) is 12.6. The van der Waals surface area contributed by atoms with Crippen molar-refractivity contribution in [3.8, 4) is 0 Å². The second kappa shape index (κ2) is 4.80. The van der Waals surface area contributed by atoms with Crippen LogP contribution in [0.25, 0.3) is 0 Å². The Balaban J connectivity index is 2.07. The lowest BCUT2D eigenvalue weighted by Crippen LogP contribution is -2.31. The maximum absolute atomic E-state index is 11.8. The summed E-state index contributed by atoms with van der Waals surface area (Å²) in [6.45, 7) is 5.76. The molecule has 0 spiro atoms. The van der Waals surface area contributed by atoms with Gasteiger partial charge in [-0.05, 0) is 32.9 Å². The monoisotopic (exact) mass is 247 g/mol. The van der Waals surface area contributed by atoms with Crippen molar-refractivity contribution in [2.75, 3.05) is 6.61 Å². The van der Waals surface area contributed by atoms with E-state index >= 15 is 0 Å². The van der Waals surface area contributed by atoms with Crippen molar-refractivity contribution in [3.05, 3.63) is 35.9 Å². The van der Waals surface area contributed by atoms with Crippen LogP contribution in [0.15, 0.2) is 35.3 Å². The van der Waals surface area contributed by atoms with Crippen molar-refractivity contribution in [3.63, 3.8) is 0 Å². The fourth-order valence-corrected chi connectivity index (χ4v) is 1.60. The molecule has 96 valence electrons. The fourth-order valence-electron chi connectivity index (χ4n) is 1.60. The molecule has 0 aromatic heterocycles. The molecule has 18 heavy (non-hydrogen) atoms. The van der Waals surface area contributed by atoms with Gasteiger partial charge in [-0.3, -0.25) is 0 Å². The summed E-state index contributed by atoms with van der Waals surface area (Å²) in [5.74, 6) is 0.167. The third kappa shape index (κ3) is 3.09. The highest BCUT2D eigenvalue weighted by Crippen LogP contribution is 2.16. The van der Waals surface area contributed by atoms with E-state index in [0.717, 1.165) is 5.56 Å². The topological polar surface area (TPSA) is 47.9 Å².